The van der Waals surface area contributed by atoms with Crippen molar-refractivity contribution < 1.29 is 37.4 Å². The largest absolute Gasteiger partial charge is 0.516 e. The Bertz CT molecular complexity index is 1870. The van der Waals surface area contributed by atoms with Crippen molar-refractivity contribution in [1.82, 2.24) is 24.5 Å². The topological polar surface area (TPSA) is 192 Å². The number of nitrogens with two attached hydrogens (primary N) is 1. The predicted molar refractivity (Wildman–Crippen MR) is 218 cm³/mol. The number of aromatic nitrogens is 5. The lowest BCUT2D eigenvalue weighted by molar-refractivity contribution is -0.112. The zero-order valence-corrected chi connectivity index (χ0v) is 34.0. The Labute approximate surface area is 331 Å². The van der Waals surface area contributed by atoms with Crippen LogP contribution in [0.1, 0.15) is 77.8 Å². The van der Waals surface area contributed by atoms with Gasteiger partial charge in [0.1, 0.15) is 22.8 Å². The van der Waals surface area contributed by atoms with Crippen molar-refractivity contribution in [2.24, 2.45) is 16.4 Å². The Morgan fingerprint density at radius 2 is 1.79 bits per heavy atom. The fourth-order valence-electron chi connectivity index (χ4n) is 4.69. The monoisotopic (exact) mass is 818 g/mol. The number of aliphatic imine (C=N–C) groups is 1. The first-order valence-electron chi connectivity index (χ1n) is 18.0. The van der Waals surface area contributed by atoms with E-state index in [-0.39, 0.29) is 42.2 Å². The van der Waals surface area contributed by atoms with Crippen LogP contribution in [0.3, 0.4) is 0 Å². The van der Waals surface area contributed by atoms with Gasteiger partial charge in [-0.05, 0) is 56.7 Å². The highest BCUT2D eigenvalue weighted by Crippen LogP contribution is 2.40. The summed E-state index contributed by atoms with van der Waals surface area (Å²) >= 11 is 1.25. The molecular formula is C38H53F2N8O6PS. The average molecular weight is 819 g/mol. The summed E-state index contributed by atoms with van der Waals surface area (Å²) in [5, 5.41) is 27.8. The van der Waals surface area contributed by atoms with Crippen molar-refractivity contribution in [2.45, 2.75) is 84.7 Å². The molecule has 0 radical (unpaired) electrons. The number of nitrogens with zero attached hydrogens (tertiary/aromatic N) is 6. The Hall–Kier alpha value is -4.67. The minimum atomic E-state index is -3.87. The molecule has 5 rings (SSSR count). The van der Waals surface area contributed by atoms with Gasteiger partial charge in [-0.2, -0.15) is 14.6 Å². The highest BCUT2D eigenvalue weighted by Gasteiger charge is 2.24. The van der Waals surface area contributed by atoms with Crippen molar-refractivity contribution in [3.63, 3.8) is 0 Å². The van der Waals surface area contributed by atoms with Gasteiger partial charge in [-0.3, -0.25) is 19.0 Å². The number of para-hydroxylation sites is 1. The molecule has 1 aliphatic rings. The number of hydrogen-bond acceptors (Lipinski definition) is 11. The second-order valence-electron chi connectivity index (χ2n) is 12.4. The summed E-state index contributed by atoms with van der Waals surface area (Å²) in [4.78, 5) is 20.7. The van der Waals surface area contributed by atoms with Crippen LogP contribution in [0.4, 0.5) is 14.5 Å². The Kier molecular flexibility index (Phi) is 21.6. The zero-order chi connectivity index (χ0) is 41.5. The molecule has 306 valence electrons. The molecule has 18 heteroatoms. The summed E-state index contributed by atoms with van der Waals surface area (Å²) in [6, 6.07) is 10.4. The summed E-state index contributed by atoms with van der Waals surface area (Å²) in [7, 11) is -3.87. The number of carbonyl (C=O) groups excluding carboxylic acids is 1. The third-order valence-electron chi connectivity index (χ3n) is 7.66. The first kappa shape index (κ1) is 47.5. The number of aliphatic hydroxyl groups excluding tert-OH is 2. The molecule has 0 aliphatic heterocycles. The minimum Gasteiger partial charge on any atom is -0.516 e. The van der Waals surface area contributed by atoms with Crippen LogP contribution in [0.25, 0.3) is 11.4 Å². The molecule has 0 bridgehead atoms. The number of halogens is 2. The zero-order valence-electron chi connectivity index (χ0n) is 32.3. The standard InChI is InChI=1S/C29H31F2N8O4PS.C5H12.C2H6O.C2H4O/c1-33-25(18-45-17-20-14-34-38(15-20)19-42-44(32,41)43-22-10-6-3-7-11-22)29(40)35-24-16-39(21-8-4-2-5-9-21)37-28(24)27-23(30)12-13-26(31)36-27;1-4-5(2)3;2*1-2-3/h3,6-7,10-16,18,21H,1-2,4-5,8-9,17,19H2,(H2,32,41)(H,35,40);5H,4H2,1-3H3;3H,2H2,1H3;2-3H,1H2/b25-18-;;;. The van der Waals surface area contributed by atoms with Crippen LogP contribution >= 0.6 is 19.5 Å². The Morgan fingerprint density at radius 1 is 1.14 bits per heavy atom. The number of rotatable bonds is 14. The number of benzene rings is 1. The van der Waals surface area contributed by atoms with Crippen molar-refractivity contribution >= 4 is 37.8 Å². The van der Waals surface area contributed by atoms with Gasteiger partial charge in [-0.1, -0.05) is 71.2 Å². The van der Waals surface area contributed by atoms with Crippen molar-refractivity contribution in [1.29, 1.82) is 0 Å². The van der Waals surface area contributed by atoms with E-state index in [1.165, 1.54) is 28.3 Å². The smallest absolute Gasteiger partial charge is 0.457 e. The first-order chi connectivity index (χ1) is 26.8. The third-order valence-corrected chi connectivity index (χ3v) is 9.49. The van der Waals surface area contributed by atoms with E-state index in [4.69, 9.17) is 24.8 Å². The van der Waals surface area contributed by atoms with Crippen LogP contribution in [-0.2, 0) is 26.4 Å². The second-order valence-corrected chi connectivity index (χ2v) is 14.8. The Morgan fingerprint density at radius 3 is 2.39 bits per heavy atom. The quantitative estimate of drug-likeness (QED) is 0.0312. The van der Waals surface area contributed by atoms with E-state index in [9.17, 15) is 18.1 Å². The van der Waals surface area contributed by atoms with E-state index in [2.05, 4.69) is 59.6 Å². The molecule has 1 amide bonds. The fourth-order valence-corrected chi connectivity index (χ4v) is 6.20. The molecule has 1 unspecified atom stereocenters. The molecular weight excluding hydrogens is 766 g/mol. The number of aliphatic hydroxyl groups is 2. The fraction of sp³-hybridized carbons (Fsp3) is 0.395. The van der Waals surface area contributed by atoms with Gasteiger partial charge in [0, 0.05) is 35.7 Å². The molecule has 4 aromatic rings. The number of pyridine rings is 1. The predicted octanol–water partition coefficient (Wildman–Crippen LogP) is 9.20. The van der Waals surface area contributed by atoms with Crippen LogP contribution in [0, 0.1) is 17.7 Å². The summed E-state index contributed by atoms with van der Waals surface area (Å²) in [5.74, 6) is -0.646. The summed E-state index contributed by atoms with van der Waals surface area (Å²) in [5.41, 5.74) is 6.34. The Balaban J connectivity index is 0.000000876. The molecule has 3 aromatic heterocycles. The molecule has 14 nitrogen and oxygen atoms in total. The molecule has 3 heterocycles. The van der Waals surface area contributed by atoms with Gasteiger partial charge in [0.05, 0.1) is 24.2 Å². The molecule has 0 spiro atoms. The molecule has 56 heavy (non-hydrogen) atoms. The summed E-state index contributed by atoms with van der Waals surface area (Å²) < 4.78 is 54.7. The first-order valence-corrected chi connectivity index (χ1v) is 20.6. The number of anilines is 1. The van der Waals surface area contributed by atoms with Crippen LogP contribution in [0.5, 0.6) is 5.75 Å². The van der Waals surface area contributed by atoms with Crippen LogP contribution in [0.15, 0.2) is 90.0 Å². The van der Waals surface area contributed by atoms with Gasteiger partial charge in [-0.25, -0.2) is 24.1 Å². The maximum atomic E-state index is 14.7. The van der Waals surface area contributed by atoms with Gasteiger partial charge >= 0.3 is 7.75 Å². The lowest BCUT2D eigenvalue weighted by Gasteiger charge is -2.21. The lowest BCUT2D eigenvalue weighted by atomic mass is 9.96. The van der Waals surface area contributed by atoms with E-state index < -0.39 is 25.4 Å². The number of carbonyl (C=O) groups is 1. The normalized spacial score (nSPS) is 13.8. The summed E-state index contributed by atoms with van der Waals surface area (Å²) in [6.07, 6.45) is 11.9. The molecule has 1 fully saturated rings. The maximum absolute atomic E-state index is 14.7. The third kappa shape index (κ3) is 17.0. The lowest BCUT2D eigenvalue weighted by Crippen LogP contribution is -2.14. The van der Waals surface area contributed by atoms with E-state index in [1.807, 2.05) is 0 Å². The van der Waals surface area contributed by atoms with E-state index in [0.29, 0.717) is 11.5 Å². The van der Waals surface area contributed by atoms with Crippen molar-refractivity contribution in [2.75, 3.05) is 11.9 Å². The van der Waals surface area contributed by atoms with Gasteiger partial charge in [0.25, 0.3) is 5.91 Å². The van der Waals surface area contributed by atoms with Gasteiger partial charge in [0.15, 0.2) is 12.5 Å². The highest BCUT2D eigenvalue weighted by molar-refractivity contribution is 8.01. The summed E-state index contributed by atoms with van der Waals surface area (Å²) in [6.45, 7) is 14.8. The van der Waals surface area contributed by atoms with E-state index in [0.717, 1.165) is 62.0 Å². The van der Waals surface area contributed by atoms with Crippen molar-refractivity contribution in [3.05, 3.63) is 102 Å². The maximum Gasteiger partial charge on any atom is 0.457 e. The minimum absolute atomic E-state index is 0.00176. The number of thioether (sulfide) groups is 1. The van der Waals surface area contributed by atoms with E-state index in [1.54, 1.807) is 60.5 Å². The second kappa shape index (κ2) is 25.5. The van der Waals surface area contributed by atoms with Gasteiger partial charge in [0.2, 0.25) is 5.95 Å². The van der Waals surface area contributed by atoms with Gasteiger partial charge < -0.3 is 20.1 Å². The van der Waals surface area contributed by atoms with Crippen LogP contribution in [0.2, 0.25) is 0 Å². The van der Waals surface area contributed by atoms with Crippen LogP contribution in [-0.4, -0.2) is 54.0 Å². The molecule has 1 saturated carbocycles. The molecule has 1 aromatic carbocycles. The van der Waals surface area contributed by atoms with Gasteiger partial charge in [-0.15, -0.1) is 11.8 Å². The van der Waals surface area contributed by atoms with Crippen LogP contribution < -0.4 is 15.3 Å². The molecule has 5 N–H and O–H groups in total. The number of nitrogens with one attached hydrogen (secondary N) is 1. The van der Waals surface area contributed by atoms with Crippen molar-refractivity contribution in [3.8, 4) is 17.1 Å². The number of amides is 1. The molecule has 1 atom stereocenters. The SMILES string of the molecule is C=CO.C=N/C(=C\SCc1cnn(COP(N)(=O)Oc2ccccc2)c1)C(=O)Nc1cn(C2CCCCC2)nc1-c1nc(F)ccc1F.CCC(C)C.CCO. The number of hydrogen-bond donors (Lipinski definition) is 4. The molecule has 1 aliphatic carbocycles. The molecule has 0 saturated heterocycles. The average Bonchev–Trinajstić information content (AvgIpc) is 3.82. The highest BCUT2D eigenvalue weighted by atomic mass is 32.2. The van der Waals surface area contributed by atoms with E-state index >= 15 is 0 Å².